The van der Waals surface area contributed by atoms with E-state index in [4.69, 9.17) is 4.74 Å². The first-order valence-electron chi connectivity index (χ1n) is 8.85. The maximum atomic E-state index is 13.0. The van der Waals surface area contributed by atoms with Crippen molar-refractivity contribution in [1.82, 2.24) is 20.0 Å². The number of para-hydroxylation sites is 1. The number of hydrogen-bond acceptors (Lipinski definition) is 4. The third-order valence-corrected chi connectivity index (χ3v) is 5.80. The summed E-state index contributed by atoms with van der Waals surface area (Å²) in [7, 11) is 0. The van der Waals surface area contributed by atoms with Crippen LogP contribution in [0.5, 0.6) is 0 Å². The number of carbonyl (C=O) groups excluding carboxylic acids is 2. The average molecular weight is 340 g/mol. The van der Waals surface area contributed by atoms with E-state index in [2.05, 4.69) is 10.2 Å². The van der Waals surface area contributed by atoms with Crippen molar-refractivity contribution in [1.29, 1.82) is 0 Å². The lowest BCUT2D eigenvalue weighted by atomic mass is 10.0. The topological polar surface area (TPSA) is 78.5 Å². The van der Waals surface area contributed by atoms with Crippen LogP contribution in [0.2, 0.25) is 0 Å². The van der Waals surface area contributed by atoms with Crippen molar-refractivity contribution in [3.63, 3.8) is 0 Å². The Balaban J connectivity index is 1.41. The van der Waals surface area contributed by atoms with Gasteiger partial charge in [0.25, 0.3) is 0 Å². The number of carbonyl (C=O) groups is 2. The molecule has 2 aromatic rings. The molecule has 1 aromatic heterocycles. The molecule has 0 radical (unpaired) electrons. The van der Waals surface area contributed by atoms with Crippen LogP contribution in [-0.2, 0) is 20.7 Å². The number of ether oxygens (including phenoxy) is 1. The van der Waals surface area contributed by atoms with Crippen molar-refractivity contribution in [3.8, 4) is 0 Å². The first-order chi connectivity index (χ1) is 12.2. The second-order valence-corrected chi connectivity index (χ2v) is 7.05. The Morgan fingerprint density at radius 2 is 2.24 bits per heavy atom. The number of H-pyrrole nitrogens is 1. The summed E-state index contributed by atoms with van der Waals surface area (Å²) >= 11 is 0. The Morgan fingerprint density at radius 3 is 3.16 bits per heavy atom. The summed E-state index contributed by atoms with van der Waals surface area (Å²) in [5.74, 6) is 0.134. The number of hydrogen-bond donors (Lipinski definition) is 1. The van der Waals surface area contributed by atoms with Gasteiger partial charge in [0.05, 0.1) is 36.7 Å². The first kappa shape index (κ1) is 14.9. The maximum absolute atomic E-state index is 13.0. The minimum atomic E-state index is -0.582. The highest BCUT2D eigenvalue weighted by Crippen LogP contribution is 2.45. The molecular formula is C18H20N4O3. The Labute approximate surface area is 144 Å². The van der Waals surface area contributed by atoms with Crippen molar-refractivity contribution in [3.05, 3.63) is 30.0 Å². The first-order valence-corrected chi connectivity index (χ1v) is 8.85. The van der Waals surface area contributed by atoms with E-state index in [-0.39, 0.29) is 24.3 Å². The smallest absolute Gasteiger partial charge is 0.229 e. The molecule has 7 nitrogen and oxygen atoms in total. The number of amides is 2. The number of aromatic amines is 1. The van der Waals surface area contributed by atoms with Gasteiger partial charge >= 0.3 is 0 Å². The third-order valence-electron chi connectivity index (χ3n) is 5.80. The number of likely N-dealkylation sites (tertiary alicyclic amines) is 1. The molecule has 1 aromatic carbocycles. The Morgan fingerprint density at radius 1 is 1.36 bits per heavy atom. The highest BCUT2D eigenvalue weighted by molar-refractivity contribution is 5.89. The summed E-state index contributed by atoms with van der Waals surface area (Å²) < 4.78 is 6.06. The zero-order valence-corrected chi connectivity index (χ0v) is 13.9. The summed E-state index contributed by atoms with van der Waals surface area (Å²) in [6, 6.07) is 7.60. The number of nitrogens with one attached hydrogen (secondary N) is 1. The number of benzene rings is 1. The summed E-state index contributed by atoms with van der Waals surface area (Å²) in [5.41, 5.74) is 1.11. The van der Waals surface area contributed by atoms with E-state index in [1.165, 1.54) is 0 Å². The van der Waals surface area contributed by atoms with Gasteiger partial charge in [-0.1, -0.05) is 18.2 Å². The van der Waals surface area contributed by atoms with Crippen molar-refractivity contribution < 1.29 is 14.3 Å². The summed E-state index contributed by atoms with van der Waals surface area (Å²) in [6.45, 7) is 2.04. The van der Waals surface area contributed by atoms with Crippen LogP contribution in [-0.4, -0.2) is 63.3 Å². The lowest BCUT2D eigenvalue weighted by molar-refractivity contribution is -0.181. The van der Waals surface area contributed by atoms with Gasteiger partial charge in [-0.25, -0.2) is 0 Å². The third kappa shape index (κ3) is 2.05. The Bertz CT molecular complexity index is 863. The fraction of sp³-hybridized carbons (Fsp3) is 0.500. The maximum Gasteiger partial charge on any atom is 0.229 e. The zero-order chi connectivity index (χ0) is 17.0. The molecule has 25 heavy (non-hydrogen) atoms. The van der Waals surface area contributed by atoms with Gasteiger partial charge in [0.1, 0.15) is 0 Å². The van der Waals surface area contributed by atoms with Crippen molar-refractivity contribution in [2.24, 2.45) is 0 Å². The predicted octanol–water partition coefficient (Wildman–Crippen LogP) is 1.06. The van der Waals surface area contributed by atoms with Crippen LogP contribution in [0.4, 0.5) is 0 Å². The fourth-order valence-electron chi connectivity index (χ4n) is 4.65. The van der Waals surface area contributed by atoms with E-state index in [0.29, 0.717) is 26.0 Å². The largest absolute Gasteiger partial charge is 0.353 e. The van der Waals surface area contributed by atoms with Gasteiger partial charge < -0.3 is 14.5 Å². The number of nitrogens with zero attached hydrogens (tertiary/aromatic N) is 3. The van der Waals surface area contributed by atoms with Gasteiger partial charge in [0, 0.05) is 24.9 Å². The highest BCUT2D eigenvalue weighted by atomic mass is 16.5. The standard InChI is InChI=1S/C18H20N4O3/c23-16(10-14-12-4-1-2-5-13(12)19-20-14)21-8-6-18-15(21)11-17(24)22(18)7-3-9-25-18/h1-2,4-5,15H,3,6-11H2,(H,19,20)/t15-,18+/m1/s1. The molecule has 2 atom stereocenters. The van der Waals surface area contributed by atoms with E-state index < -0.39 is 5.72 Å². The molecule has 1 N–H and O–H groups in total. The number of fused-ring (bicyclic) bond motifs is 1. The van der Waals surface area contributed by atoms with Crippen LogP contribution in [0.25, 0.3) is 10.9 Å². The quantitative estimate of drug-likeness (QED) is 0.886. The summed E-state index contributed by atoms with van der Waals surface area (Å²) in [6.07, 6.45) is 2.21. The lowest BCUT2D eigenvalue weighted by Gasteiger charge is -2.42. The van der Waals surface area contributed by atoms with Crippen LogP contribution in [0, 0.1) is 0 Å². The molecule has 130 valence electrons. The average Bonchev–Trinajstić information content (AvgIpc) is 3.26. The van der Waals surface area contributed by atoms with Crippen LogP contribution in [0.3, 0.4) is 0 Å². The second-order valence-electron chi connectivity index (χ2n) is 7.05. The molecular weight excluding hydrogens is 320 g/mol. The molecule has 0 aliphatic carbocycles. The number of rotatable bonds is 2. The monoisotopic (exact) mass is 340 g/mol. The Kier molecular flexibility index (Phi) is 3.15. The molecule has 3 fully saturated rings. The van der Waals surface area contributed by atoms with Gasteiger partial charge in [-0.05, 0) is 12.5 Å². The van der Waals surface area contributed by atoms with Gasteiger partial charge in [-0.2, -0.15) is 5.10 Å². The van der Waals surface area contributed by atoms with Gasteiger partial charge in [0.2, 0.25) is 11.8 Å². The van der Waals surface area contributed by atoms with Crippen molar-refractivity contribution in [2.75, 3.05) is 19.7 Å². The minimum absolute atomic E-state index is 0.0279. The predicted molar refractivity (Wildman–Crippen MR) is 89.5 cm³/mol. The van der Waals surface area contributed by atoms with Crippen LogP contribution in [0.1, 0.15) is 25.0 Å². The van der Waals surface area contributed by atoms with Gasteiger partial charge in [-0.3, -0.25) is 14.7 Å². The lowest BCUT2D eigenvalue weighted by Crippen LogP contribution is -2.56. The second kappa shape index (κ2) is 5.29. The molecule has 3 aliphatic heterocycles. The zero-order valence-electron chi connectivity index (χ0n) is 13.9. The van der Waals surface area contributed by atoms with E-state index in [9.17, 15) is 9.59 Å². The molecule has 0 saturated carbocycles. The van der Waals surface area contributed by atoms with E-state index in [1.807, 2.05) is 34.1 Å². The van der Waals surface area contributed by atoms with E-state index in [0.717, 1.165) is 29.6 Å². The molecule has 1 spiro atoms. The normalized spacial score (nSPS) is 28.5. The van der Waals surface area contributed by atoms with Crippen LogP contribution in [0.15, 0.2) is 24.3 Å². The van der Waals surface area contributed by atoms with Crippen molar-refractivity contribution in [2.45, 2.75) is 37.5 Å². The molecule has 0 bridgehead atoms. The van der Waals surface area contributed by atoms with Crippen molar-refractivity contribution >= 4 is 22.7 Å². The van der Waals surface area contributed by atoms with Gasteiger partial charge in [-0.15, -0.1) is 0 Å². The van der Waals surface area contributed by atoms with E-state index >= 15 is 0 Å². The van der Waals surface area contributed by atoms with Crippen LogP contribution >= 0.6 is 0 Å². The van der Waals surface area contributed by atoms with Gasteiger partial charge in [0.15, 0.2) is 5.72 Å². The molecule has 3 saturated heterocycles. The minimum Gasteiger partial charge on any atom is -0.353 e. The molecule has 2 amide bonds. The van der Waals surface area contributed by atoms with E-state index in [1.54, 1.807) is 0 Å². The SMILES string of the molecule is O=C(Cc1[nH]nc2ccccc12)N1CC[C@@]23OCCCN2C(=O)C[C@@H]13. The Hall–Kier alpha value is -2.41. The summed E-state index contributed by atoms with van der Waals surface area (Å²) in [4.78, 5) is 29.0. The van der Waals surface area contributed by atoms with Crippen LogP contribution < -0.4 is 0 Å². The molecule has 5 rings (SSSR count). The fourth-order valence-corrected chi connectivity index (χ4v) is 4.65. The molecule has 0 unspecified atom stereocenters. The number of aromatic nitrogens is 2. The summed E-state index contributed by atoms with van der Waals surface area (Å²) in [5, 5.41) is 8.22. The molecule has 4 heterocycles. The highest BCUT2D eigenvalue weighted by Gasteiger charge is 2.61. The molecule has 3 aliphatic rings. The molecule has 7 heteroatoms.